The number of hydrogen-bond acceptors (Lipinski definition) is 3. The minimum absolute atomic E-state index is 0.0935. The molecule has 76 valence electrons. The molecule has 0 aliphatic carbocycles. The van der Waals surface area contributed by atoms with Crippen molar-refractivity contribution >= 4 is 55.1 Å². The van der Waals surface area contributed by atoms with Gasteiger partial charge in [-0.2, -0.15) is 0 Å². The Kier molecular flexibility index (Phi) is 2.87. The molecule has 0 bridgehead atoms. The van der Waals surface area contributed by atoms with Gasteiger partial charge in [0.2, 0.25) is 0 Å². The lowest BCUT2D eigenvalue weighted by molar-refractivity contribution is -0.384. The standard InChI is InChI=1S/C9H4BrIN2O2/c10-8-2-1-5-3-6(13(14)15)4-7(11)9(5)12-8/h1-4H. The fourth-order valence-corrected chi connectivity index (χ4v) is 2.32. The quantitative estimate of drug-likeness (QED) is 0.330. The average molecular weight is 379 g/mol. The van der Waals surface area contributed by atoms with E-state index >= 15 is 0 Å². The van der Waals surface area contributed by atoms with Gasteiger partial charge in [-0.15, -0.1) is 0 Å². The van der Waals surface area contributed by atoms with Gasteiger partial charge in [0.1, 0.15) is 4.60 Å². The van der Waals surface area contributed by atoms with E-state index in [4.69, 9.17) is 0 Å². The van der Waals surface area contributed by atoms with E-state index in [9.17, 15) is 10.1 Å². The number of non-ortho nitro benzene ring substituents is 1. The number of aromatic nitrogens is 1. The predicted molar refractivity (Wildman–Crippen MR) is 68.8 cm³/mol. The van der Waals surface area contributed by atoms with Crippen molar-refractivity contribution in [1.29, 1.82) is 0 Å². The van der Waals surface area contributed by atoms with Crippen molar-refractivity contribution in [1.82, 2.24) is 4.98 Å². The molecule has 0 saturated heterocycles. The van der Waals surface area contributed by atoms with Gasteiger partial charge in [-0.05, 0) is 50.7 Å². The van der Waals surface area contributed by atoms with E-state index in [0.29, 0.717) is 0 Å². The molecule has 15 heavy (non-hydrogen) atoms. The zero-order valence-corrected chi connectivity index (χ0v) is 11.0. The van der Waals surface area contributed by atoms with Gasteiger partial charge in [-0.25, -0.2) is 4.98 Å². The second kappa shape index (κ2) is 4.01. The summed E-state index contributed by atoms with van der Waals surface area (Å²) in [6.07, 6.45) is 0. The topological polar surface area (TPSA) is 56.0 Å². The van der Waals surface area contributed by atoms with E-state index < -0.39 is 4.92 Å². The van der Waals surface area contributed by atoms with Gasteiger partial charge in [-0.3, -0.25) is 10.1 Å². The summed E-state index contributed by atoms with van der Waals surface area (Å²) in [5.74, 6) is 0. The summed E-state index contributed by atoms with van der Waals surface area (Å²) < 4.78 is 1.50. The van der Waals surface area contributed by atoms with Crippen LogP contribution in [0.3, 0.4) is 0 Å². The van der Waals surface area contributed by atoms with E-state index in [1.807, 2.05) is 28.7 Å². The Bertz CT molecular complexity index is 559. The fourth-order valence-electron chi connectivity index (χ4n) is 1.26. The van der Waals surface area contributed by atoms with Crippen LogP contribution in [-0.2, 0) is 0 Å². The predicted octanol–water partition coefficient (Wildman–Crippen LogP) is 3.51. The first-order chi connectivity index (χ1) is 7.08. The number of fused-ring (bicyclic) bond motifs is 1. The number of nitrogens with zero attached hydrogens (tertiary/aromatic N) is 2. The molecule has 2 rings (SSSR count). The van der Waals surface area contributed by atoms with Crippen molar-refractivity contribution in [2.45, 2.75) is 0 Å². The molecule has 2 aromatic rings. The van der Waals surface area contributed by atoms with Gasteiger partial charge in [0.25, 0.3) is 5.69 Å². The molecule has 0 aliphatic rings. The van der Waals surface area contributed by atoms with Gasteiger partial charge in [-0.1, -0.05) is 0 Å². The Morgan fingerprint density at radius 2 is 2.13 bits per heavy atom. The fraction of sp³-hybridized carbons (Fsp3) is 0. The highest BCUT2D eigenvalue weighted by Gasteiger charge is 2.10. The molecule has 0 N–H and O–H groups in total. The maximum Gasteiger partial charge on any atom is 0.271 e. The molecule has 6 heteroatoms. The number of nitro benzene ring substituents is 1. The molecular weight excluding hydrogens is 375 g/mol. The minimum Gasteiger partial charge on any atom is -0.258 e. The third-order valence-corrected chi connectivity index (χ3v) is 3.17. The highest BCUT2D eigenvalue weighted by Crippen LogP contribution is 2.26. The highest BCUT2D eigenvalue weighted by molar-refractivity contribution is 14.1. The van der Waals surface area contributed by atoms with Gasteiger partial charge in [0, 0.05) is 21.1 Å². The van der Waals surface area contributed by atoms with Crippen molar-refractivity contribution in [3.05, 3.63) is 42.6 Å². The Morgan fingerprint density at radius 3 is 2.80 bits per heavy atom. The number of pyridine rings is 1. The highest BCUT2D eigenvalue weighted by atomic mass is 127. The lowest BCUT2D eigenvalue weighted by Crippen LogP contribution is -1.91. The van der Waals surface area contributed by atoms with Gasteiger partial charge >= 0.3 is 0 Å². The van der Waals surface area contributed by atoms with Gasteiger partial charge in [0.15, 0.2) is 0 Å². The van der Waals surface area contributed by atoms with Crippen LogP contribution in [0.2, 0.25) is 0 Å². The summed E-state index contributed by atoms with van der Waals surface area (Å²) in [6, 6.07) is 6.61. The number of halogens is 2. The third-order valence-electron chi connectivity index (χ3n) is 1.91. The van der Waals surface area contributed by atoms with Crippen molar-refractivity contribution in [3.63, 3.8) is 0 Å². The van der Waals surface area contributed by atoms with Crippen molar-refractivity contribution in [2.24, 2.45) is 0 Å². The van der Waals surface area contributed by atoms with Gasteiger partial charge < -0.3 is 0 Å². The van der Waals surface area contributed by atoms with Crippen molar-refractivity contribution in [3.8, 4) is 0 Å². The molecule has 0 atom stereocenters. The van der Waals surface area contributed by atoms with Crippen LogP contribution in [0.4, 0.5) is 5.69 Å². The molecule has 1 heterocycles. The Hall–Kier alpha value is -0.760. The van der Waals surface area contributed by atoms with Crippen LogP contribution in [0, 0.1) is 13.7 Å². The third kappa shape index (κ3) is 2.10. The second-order valence-corrected chi connectivity index (χ2v) is 4.87. The molecule has 0 amide bonds. The van der Waals surface area contributed by atoms with Crippen LogP contribution in [0.5, 0.6) is 0 Å². The van der Waals surface area contributed by atoms with Crippen LogP contribution in [0.15, 0.2) is 28.9 Å². The van der Waals surface area contributed by atoms with Crippen LogP contribution in [0.1, 0.15) is 0 Å². The zero-order chi connectivity index (χ0) is 11.0. The molecule has 1 aromatic carbocycles. The molecule has 0 spiro atoms. The lowest BCUT2D eigenvalue weighted by Gasteiger charge is -2.00. The molecule has 0 fully saturated rings. The monoisotopic (exact) mass is 378 g/mol. The SMILES string of the molecule is O=[N+]([O-])c1cc(I)c2nc(Br)ccc2c1. The van der Waals surface area contributed by atoms with Crippen LogP contribution < -0.4 is 0 Å². The zero-order valence-electron chi connectivity index (χ0n) is 7.28. The molecule has 0 radical (unpaired) electrons. The van der Waals surface area contributed by atoms with E-state index in [0.717, 1.165) is 19.1 Å². The summed E-state index contributed by atoms with van der Waals surface area (Å²) in [5, 5.41) is 11.4. The molecule has 0 saturated carbocycles. The molecule has 0 unspecified atom stereocenters. The number of nitro groups is 1. The Labute approximate surface area is 107 Å². The molecule has 1 aromatic heterocycles. The number of rotatable bonds is 1. The van der Waals surface area contributed by atoms with E-state index in [1.54, 1.807) is 6.07 Å². The summed E-state index contributed by atoms with van der Waals surface area (Å²) in [5.41, 5.74) is 0.867. The first kappa shape index (κ1) is 10.7. The minimum atomic E-state index is -0.399. The van der Waals surface area contributed by atoms with Gasteiger partial charge in [0.05, 0.1) is 10.4 Å². The maximum absolute atomic E-state index is 10.6. The van der Waals surface area contributed by atoms with Crippen LogP contribution >= 0.6 is 38.5 Å². The Morgan fingerprint density at radius 1 is 1.40 bits per heavy atom. The molecule has 0 aliphatic heterocycles. The van der Waals surface area contributed by atoms with E-state index in [1.165, 1.54) is 12.1 Å². The average Bonchev–Trinajstić information content (AvgIpc) is 2.18. The van der Waals surface area contributed by atoms with E-state index in [2.05, 4.69) is 20.9 Å². The van der Waals surface area contributed by atoms with Crippen LogP contribution in [-0.4, -0.2) is 9.91 Å². The summed E-state index contributed by atoms with van der Waals surface area (Å²) in [7, 11) is 0. The summed E-state index contributed by atoms with van der Waals surface area (Å²) in [4.78, 5) is 14.5. The largest absolute Gasteiger partial charge is 0.271 e. The van der Waals surface area contributed by atoms with Crippen LogP contribution in [0.25, 0.3) is 10.9 Å². The van der Waals surface area contributed by atoms with E-state index in [-0.39, 0.29) is 5.69 Å². The van der Waals surface area contributed by atoms with Crippen molar-refractivity contribution in [2.75, 3.05) is 0 Å². The Balaban J connectivity index is 2.78. The normalized spacial score (nSPS) is 10.5. The lowest BCUT2D eigenvalue weighted by atomic mass is 10.2. The first-order valence-electron chi connectivity index (χ1n) is 3.98. The summed E-state index contributed by atoms with van der Waals surface area (Å²) >= 11 is 5.31. The number of benzene rings is 1. The maximum atomic E-state index is 10.6. The smallest absolute Gasteiger partial charge is 0.258 e. The first-order valence-corrected chi connectivity index (χ1v) is 5.85. The second-order valence-electron chi connectivity index (χ2n) is 2.89. The molecule has 4 nitrogen and oxygen atoms in total. The summed E-state index contributed by atoms with van der Waals surface area (Å²) in [6.45, 7) is 0. The van der Waals surface area contributed by atoms with Crippen molar-refractivity contribution < 1.29 is 4.92 Å². The molecular formula is C9H4BrIN2O2. The number of hydrogen-bond donors (Lipinski definition) is 0.